The van der Waals surface area contributed by atoms with Gasteiger partial charge in [-0.1, -0.05) is 30.3 Å². The number of rotatable bonds is 8. The maximum Gasteiger partial charge on any atom is 0.252 e. The number of hydrogen-bond donors (Lipinski definition) is 2. The summed E-state index contributed by atoms with van der Waals surface area (Å²) in [5.41, 5.74) is 1.88. The maximum absolute atomic E-state index is 12.1. The summed E-state index contributed by atoms with van der Waals surface area (Å²) in [6.45, 7) is 2.27. The average Bonchev–Trinajstić information content (AvgIpc) is 3.18. The van der Waals surface area contributed by atoms with Crippen molar-refractivity contribution in [3.8, 4) is 0 Å². The third-order valence-electron chi connectivity index (χ3n) is 4.33. The summed E-state index contributed by atoms with van der Waals surface area (Å²) in [7, 11) is 0. The lowest BCUT2D eigenvalue weighted by atomic mass is 10.1. The summed E-state index contributed by atoms with van der Waals surface area (Å²) in [6, 6.07) is 13.9. The van der Waals surface area contributed by atoms with E-state index in [9.17, 15) is 4.79 Å². The van der Waals surface area contributed by atoms with Gasteiger partial charge in [0.2, 0.25) is 0 Å². The van der Waals surface area contributed by atoms with E-state index >= 15 is 0 Å². The van der Waals surface area contributed by atoms with Crippen molar-refractivity contribution in [2.24, 2.45) is 0 Å². The molecule has 5 heteroatoms. The molecule has 2 heterocycles. The molecule has 1 aromatic carbocycles. The number of carbonyl (C=O) groups excluding carboxylic acids is 1. The van der Waals surface area contributed by atoms with E-state index in [4.69, 9.17) is 4.74 Å². The van der Waals surface area contributed by atoms with Gasteiger partial charge in [0, 0.05) is 25.9 Å². The standard InChI is InChI=1S/C20H25N3O2/c24-20(21-12-4-8-16-6-2-1-3-7-16)17-10-11-19(22-14-17)23-15-18-9-5-13-25-18/h1-3,6-7,10-11,14,18H,4-5,8-9,12-13,15H2,(H,21,24)(H,22,23). The van der Waals surface area contributed by atoms with Crippen LogP contribution in [0.5, 0.6) is 0 Å². The van der Waals surface area contributed by atoms with Crippen LogP contribution in [0.2, 0.25) is 0 Å². The molecular formula is C20H25N3O2. The first-order valence-electron chi connectivity index (χ1n) is 8.95. The van der Waals surface area contributed by atoms with Crippen molar-refractivity contribution in [3.63, 3.8) is 0 Å². The van der Waals surface area contributed by atoms with Gasteiger partial charge in [-0.2, -0.15) is 0 Å². The second-order valence-corrected chi connectivity index (χ2v) is 6.29. The highest BCUT2D eigenvalue weighted by molar-refractivity contribution is 5.94. The molecule has 1 aromatic heterocycles. The molecule has 0 radical (unpaired) electrons. The largest absolute Gasteiger partial charge is 0.376 e. The van der Waals surface area contributed by atoms with Crippen molar-refractivity contribution >= 4 is 11.7 Å². The van der Waals surface area contributed by atoms with E-state index in [0.717, 1.165) is 44.7 Å². The zero-order valence-electron chi connectivity index (χ0n) is 14.4. The van der Waals surface area contributed by atoms with Gasteiger partial charge in [-0.25, -0.2) is 4.98 Å². The Kier molecular flexibility index (Phi) is 6.40. The Morgan fingerprint density at radius 2 is 2.08 bits per heavy atom. The summed E-state index contributed by atoms with van der Waals surface area (Å²) < 4.78 is 5.57. The number of nitrogens with one attached hydrogen (secondary N) is 2. The summed E-state index contributed by atoms with van der Waals surface area (Å²) in [4.78, 5) is 16.5. The van der Waals surface area contributed by atoms with E-state index in [1.165, 1.54) is 5.56 Å². The molecule has 2 N–H and O–H groups in total. The van der Waals surface area contributed by atoms with Crippen molar-refractivity contribution in [3.05, 3.63) is 59.8 Å². The molecule has 2 aromatic rings. The Bertz CT molecular complexity index is 652. The number of amides is 1. The second-order valence-electron chi connectivity index (χ2n) is 6.29. The summed E-state index contributed by atoms with van der Waals surface area (Å²) in [6.07, 6.45) is 5.99. The van der Waals surface area contributed by atoms with Crippen molar-refractivity contribution < 1.29 is 9.53 Å². The molecule has 1 fully saturated rings. The molecule has 0 saturated carbocycles. The zero-order valence-corrected chi connectivity index (χ0v) is 14.4. The van der Waals surface area contributed by atoms with E-state index in [1.54, 1.807) is 12.3 Å². The second kappa shape index (κ2) is 9.18. The van der Waals surface area contributed by atoms with Crippen molar-refractivity contribution in [1.82, 2.24) is 10.3 Å². The van der Waals surface area contributed by atoms with Gasteiger partial charge < -0.3 is 15.4 Å². The van der Waals surface area contributed by atoms with Gasteiger partial charge in [0.15, 0.2) is 0 Å². The number of hydrogen-bond acceptors (Lipinski definition) is 4. The Balaban J connectivity index is 1.38. The third kappa shape index (κ3) is 5.57. The predicted molar refractivity (Wildman–Crippen MR) is 98.8 cm³/mol. The fourth-order valence-corrected chi connectivity index (χ4v) is 2.90. The molecule has 132 valence electrons. The van der Waals surface area contributed by atoms with E-state index in [2.05, 4.69) is 27.8 Å². The third-order valence-corrected chi connectivity index (χ3v) is 4.33. The summed E-state index contributed by atoms with van der Waals surface area (Å²) in [5, 5.41) is 6.20. The lowest BCUT2D eigenvalue weighted by molar-refractivity contribution is 0.0953. The van der Waals surface area contributed by atoms with Gasteiger partial charge in [-0.3, -0.25) is 4.79 Å². The zero-order chi connectivity index (χ0) is 17.3. The van der Waals surface area contributed by atoms with E-state index < -0.39 is 0 Å². The average molecular weight is 339 g/mol. The van der Waals surface area contributed by atoms with Crippen LogP contribution in [0.25, 0.3) is 0 Å². The number of pyridine rings is 1. The van der Waals surface area contributed by atoms with Crippen molar-refractivity contribution in [1.29, 1.82) is 0 Å². The van der Waals surface area contributed by atoms with Crippen LogP contribution < -0.4 is 10.6 Å². The number of carbonyl (C=O) groups is 1. The summed E-state index contributed by atoms with van der Waals surface area (Å²) >= 11 is 0. The molecule has 1 saturated heterocycles. The molecular weight excluding hydrogens is 314 g/mol. The molecule has 25 heavy (non-hydrogen) atoms. The van der Waals surface area contributed by atoms with Crippen LogP contribution in [0.15, 0.2) is 48.7 Å². The minimum absolute atomic E-state index is 0.0776. The van der Waals surface area contributed by atoms with E-state index in [-0.39, 0.29) is 12.0 Å². The number of aryl methyl sites for hydroxylation is 1. The molecule has 1 atom stereocenters. The van der Waals surface area contributed by atoms with Crippen molar-refractivity contribution in [2.75, 3.05) is 25.0 Å². The lowest BCUT2D eigenvalue weighted by Crippen LogP contribution is -2.25. The molecule has 0 aliphatic carbocycles. The monoisotopic (exact) mass is 339 g/mol. The first-order chi connectivity index (χ1) is 12.3. The SMILES string of the molecule is O=C(NCCCc1ccccc1)c1ccc(NCC2CCCO2)nc1. The van der Waals surface area contributed by atoms with Crippen LogP contribution in [0.1, 0.15) is 35.2 Å². The van der Waals surface area contributed by atoms with Crippen LogP contribution in [0.4, 0.5) is 5.82 Å². The minimum atomic E-state index is -0.0776. The van der Waals surface area contributed by atoms with Gasteiger partial charge in [-0.05, 0) is 43.4 Å². The maximum atomic E-state index is 12.1. The smallest absolute Gasteiger partial charge is 0.252 e. The molecule has 5 nitrogen and oxygen atoms in total. The van der Waals surface area contributed by atoms with Gasteiger partial charge in [-0.15, -0.1) is 0 Å². The molecule has 1 amide bonds. The molecule has 1 aliphatic rings. The number of nitrogens with zero attached hydrogens (tertiary/aromatic N) is 1. The van der Waals surface area contributed by atoms with Crippen LogP contribution in [0, 0.1) is 0 Å². The lowest BCUT2D eigenvalue weighted by Gasteiger charge is -2.11. The quantitative estimate of drug-likeness (QED) is 0.726. The van der Waals surface area contributed by atoms with Crippen LogP contribution in [-0.2, 0) is 11.2 Å². The molecule has 0 bridgehead atoms. The minimum Gasteiger partial charge on any atom is -0.376 e. The fourth-order valence-electron chi connectivity index (χ4n) is 2.90. The van der Waals surface area contributed by atoms with E-state index in [1.807, 2.05) is 24.3 Å². The van der Waals surface area contributed by atoms with Gasteiger partial charge in [0.25, 0.3) is 5.91 Å². The Hall–Kier alpha value is -2.40. The highest BCUT2D eigenvalue weighted by atomic mass is 16.5. The van der Waals surface area contributed by atoms with Crippen molar-refractivity contribution in [2.45, 2.75) is 31.8 Å². The number of aromatic nitrogens is 1. The molecule has 3 rings (SSSR count). The number of anilines is 1. The van der Waals surface area contributed by atoms with Crippen LogP contribution in [-0.4, -0.2) is 36.7 Å². The van der Waals surface area contributed by atoms with Gasteiger partial charge in [0.05, 0.1) is 11.7 Å². The number of benzene rings is 1. The topological polar surface area (TPSA) is 63.2 Å². The van der Waals surface area contributed by atoms with Crippen LogP contribution >= 0.6 is 0 Å². The fraction of sp³-hybridized carbons (Fsp3) is 0.400. The summed E-state index contributed by atoms with van der Waals surface area (Å²) in [5.74, 6) is 0.697. The predicted octanol–water partition coefficient (Wildman–Crippen LogP) is 3.04. The highest BCUT2D eigenvalue weighted by Gasteiger charge is 2.15. The molecule has 0 spiro atoms. The first kappa shape index (κ1) is 17.4. The van der Waals surface area contributed by atoms with Gasteiger partial charge >= 0.3 is 0 Å². The molecule has 1 unspecified atom stereocenters. The van der Waals surface area contributed by atoms with E-state index in [0.29, 0.717) is 12.1 Å². The normalized spacial score (nSPS) is 16.6. The Labute approximate surface area is 148 Å². The Morgan fingerprint density at radius 3 is 2.80 bits per heavy atom. The Morgan fingerprint density at radius 1 is 1.20 bits per heavy atom. The van der Waals surface area contributed by atoms with Crippen LogP contribution in [0.3, 0.4) is 0 Å². The first-order valence-corrected chi connectivity index (χ1v) is 8.95. The van der Waals surface area contributed by atoms with Gasteiger partial charge in [0.1, 0.15) is 5.82 Å². The highest BCUT2D eigenvalue weighted by Crippen LogP contribution is 2.13. The molecule has 1 aliphatic heterocycles. The number of ether oxygens (including phenoxy) is 1.